The van der Waals surface area contributed by atoms with Crippen LogP contribution in [0.5, 0.6) is 0 Å². The third-order valence-electron chi connectivity index (χ3n) is 8.01. The van der Waals surface area contributed by atoms with E-state index in [1.54, 1.807) is 0 Å². The summed E-state index contributed by atoms with van der Waals surface area (Å²) in [5, 5.41) is 4.09. The highest BCUT2D eigenvalue weighted by atomic mass is 16.5. The van der Waals surface area contributed by atoms with E-state index in [9.17, 15) is 0 Å². The van der Waals surface area contributed by atoms with Crippen LogP contribution in [0.3, 0.4) is 0 Å². The molecule has 2 aliphatic carbocycles. The minimum atomic E-state index is 0.143. The zero-order valence-corrected chi connectivity index (χ0v) is 14.8. The molecule has 0 aromatic heterocycles. The van der Waals surface area contributed by atoms with Crippen molar-refractivity contribution in [2.24, 2.45) is 16.7 Å². The van der Waals surface area contributed by atoms with Gasteiger partial charge in [-0.1, -0.05) is 34.6 Å². The molecule has 3 rings (SSSR count). The minimum absolute atomic E-state index is 0.143. The molecule has 0 amide bonds. The third-order valence-corrected chi connectivity index (χ3v) is 8.01. The Labute approximate surface area is 131 Å². The fourth-order valence-corrected chi connectivity index (χ4v) is 5.65. The molecule has 2 bridgehead atoms. The van der Waals surface area contributed by atoms with Gasteiger partial charge in [0.1, 0.15) is 0 Å². The van der Waals surface area contributed by atoms with Crippen molar-refractivity contribution < 1.29 is 4.74 Å². The topological polar surface area (TPSA) is 21.3 Å². The molecule has 21 heavy (non-hydrogen) atoms. The molecule has 1 N–H and O–H groups in total. The van der Waals surface area contributed by atoms with E-state index in [-0.39, 0.29) is 5.60 Å². The van der Waals surface area contributed by atoms with Gasteiger partial charge < -0.3 is 10.1 Å². The first-order chi connectivity index (χ1) is 9.87. The van der Waals surface area contributed by atoms with Crippen molar-refractivity contribution in [3.8, 4) is 0 Å². The maximum Gasteiger partial charge on any atom is 0.0692 e. The molecule has 0 aromatic carbocycles. The Bertz CT molecular complexity index is 387. The SMILES string of the molecule is CCC1(CC)CC(NC2CC3CCC2(C)C3(C)C)CCO1. The van der Waals surface area contributed by atoms with Crippen molar-refractivity contribution >= 4 is 0 Å². The highest BCUT2D eigenvalue weighted by Crippen LogP contribution is 2.65. The summed E-state index contributed by atoms with van der Waals surface area (Å²) in [6, 6.07) is 1.39. The van der Waals surface area contributed by atoms with E-state index in [0.29, 0.717) is 16.9 Å². The van der Waals surface area contributed by atoms with Gasteiger partial charge in [0.05, 0.1) is 5.60 Å². The van der Waals surface area contributed by atoms with Gasteiger partial charge in [0, 0.05) is 18.7 Å². The number of fused-ring (bicyclic) bond motifs is 2. The Morgan fingerprint density at radius 1 is 1.10 bits per heavy atom. The van der Waals surface area contributed by atoms with Crippen LogP contribution in [0.2, 0.25) is 0 Å². The standard InChI is InChI=1S/C19H35NO/c1-6-19(7-2)13-15(9-11-21-19)20-16-12-14-8-10-18(16,5)17(14,3)4/h14-16,20H,6-13H2,1-5H3. The molecular formula is C19H35NO. The molecule has 0 spiro atoms. The molecule has 1 saturated heterocycles. The Morgan fingerprint density at radius 3 is 2.33 bits per heavy atom. The van der Waals surface area contributed by atoms with Crippen LogP contribution in [0, 0.1) is 16.7 Å². The number of ether oxygens (including phenoxy) is 1. The lowest BCUT2D eigenvalue weighted by molar-refractivity contribution is -0.0959. The second kappa shape index (κ2) is 5.23. The van der Waals surface area contributed by atoms with Crippen molar-refractivity contribution in [3.05, 3.63) is 0 Å². The Balaban J connectivity index is 1.68. The van der Waals surface area contributed by atoms with Crippen LogP contribution in [-0.4, -0.2) is 24.3 Å². The van der Waals surface area contributed by atoms with Crippen molar-refractivity contribution in [1.82, 2.24) is 5.32 Å². The monoisotopic (exact) mass is 293 g/mol. The normalized spacial score (nSPS) is 44.1. The van der Waals surface area contributed by atoms with E-state index in [1.807, 2.05) is 0 Å². The van der Waals surface area contributed by atoms with Gasteiger partial charge in [-0.25, -0.2) is 0 Å². The summed E-state index contributed by atoms with van der Waals surface area (Å²) >= 11 is 0. The van der Waals surface area contributed by atoms with E-state index < -0.39 is 0 Å². The first-order valence-electron chi connectivity index (χ1n) is 9.27. The first-order valence-corrected chi connectivity index (χ1v) is 9.27. The van der Waals surface area contributed by atoms with Gasteiger partial charge in [0.25, 0.3) is 0 Å². The third kappa shape index (κ3) is 2.28. The van der Waals surface area contributed by atoms with E-state index >= 15 is 0 Å². The van der Waals surface area contributed by atoms with Crippen LogP contribution in [0.1, 0.15) is 79.6 Å². The van der Waals surface area contributed by atoms with Crippen LogP contribution in [0.25, 0.3) is 0 Å². The predicted molar refractivity (Wildman–Crippen MR) is 88.4 cm³/mol. The Hall–Kier alpha value is -0.0800. The molecule has 2 heteroatoms. The zero-order chi connectivity index (χ0) is 15.3. The van der Waals surface area contributed by atoms with Crippen molar-refractivity contribution in [3.63, 3.8) is 0 Å². The van der Waals surface area contributed by atoms with Crippen molar-refractivity contribution in [1.29, 1.82) is 0 Å². The smallest absolute Gasteiger partial charge is 0.0692 e. The lowest BCUT2D eigenvalue weighted by Crippen LogP contribution is -2.53. The van der Waals surface area contributed by atoms with Crippen LogP contribution in [-0.2, 0) is 4.74 Å². The number of hydrogen-bond donors (Lipinski definition) is 1. The summed E-state index contributed by atoms with van der Waals surface area (Å²) in [4.78, 5) is 0. The summed E-state index contributed by atoms with van der Waals surface area (Å²) in [6.07, 6.45) is 8.96. The molecule has 2 nitrogen and oxygen atoms in total. The average Bonchev–Trinajstić information content (AvgIpc) is 2.81. The van der Waals surface area contributed by atoms with Gasteiger partial charge in [0.2, 0.25) is 0 Å². The van der Waals surface area contributed by atoms with E-state index in [1.165, 1.54) is 32.1 Å². The second-order valence-corrected chi connectivity index (χ2v) is 8.76. The summed E-state index contributed by atoms with van der Waals surface area (Å²) in [5.41, 5.74) is 1.16. The number of rotatable bonds is 4. The molecule has 122 valence electrons. The van der Waals surface area contributed by atoms with Gasteiger partial charge in [-0.05, 0) is 61.7 Å². The summed E-state index contributed by atoms with van der Waals surface area (Å²) in [5.74, 6) is 0.932. The van der Waals surface area contributed by atoms with Crippen LogP contribution >= 0.6 is 0 Å². The first kappa shape index (κ1) is 15.8. The quantitative estimate of drug-likeness (QED) is 0.822. The van der Waals surface area contributed by atoms with Crippen molar-refractivity contribution in [2.45, 2.75) is 97.2 Å². The van der Waals surface area contributed by atoms with Crippen LogP contribution < -0.4 is 5.32 Å². The fraction of sp³-hybridized carbons (Fsp3) is 1.00. The van der Waals surface area contributed by atoms with E-state index in [0.717, 1.165) is 31.4 Å². The lowest BCUT2D eigenvalue weighted by Gasteiger charge is -2.45. The Kier molecular flexibility index (Phi) is 3.94. The Morgan fingerprint density at radius 2 is 1.81 bits per heavy atom. The predicted octanol–water partition coefficient (Wildman–Crippen LogP) is 4.53. The summed E-state index contributed by atoms with van der Waals surface area (Å²) < 4.78 is 6.15. The number of hydrogen-bond acceptors (Lipinski definition) is 2. The van der Waals surface area contributed by atoms with Crippen LogP contribution in [0.4, 0.5) is 0 Å². The van der Waals surface area contributed by atoms with E-state index in [4.69, 9.17) is 4.74 Å². The zero-order valence-electron chi connectivity index (χ0n) is 14.8. The largest absolute Gasteiger partial charge is 0.375 e. The summed E-state index contributed by atoms with van der Waals surface area (Å²) in [7, 11) is 0. The van der Waals surface area contributed by atoms with Gasteiger partial charge >= 0.3 is 0 Å². The number of nitrogens with one attached hydrogen (secondary N) is 1. The molecule has 4 unspecified atom stereocenters. The van der Waals surface area contributed by atoms with Gasteiger partial charge in [-0.3, -0.25) is 0 Å². The molecule has 1 heterocycles. The van der Waals surface area contributed by atoms with Gasteiger partial charge in [-0.2, -0.15) is 0 Å². The molecule has 3 aliphatic rings. The second-order valence-electron chi connectivity index (χ2n) is 8.76. The highest BCUT2D eigenvalue weighted by molar-refractivity contribution is 5.13. The minimum Gasteiger partial charge on any atom is -0.375 e. The highest BCUT2D eigenvalue weighted by Gasteiger charge is 2.61. The summed E-state index contributed by atoms with van der Waals surface area (Å²) in [6.45, 7) is 13.1. The molecule has 1 aliphatic heterocycles. The maximum absolute atomic E-state index is 6.15. The van der Waals surface area contributed by atoms with Gasteiger partial charge in [0.15, 0.2) is 0 Å². The lowest BCUT2D eigenvalue weighted by atomic mass is 9.69. The van der Waals surface area contributed by atoms with E-state index in [2.05, 4.69) is 39.9 Å². The average molecular weight is 293 g/mol. The van der Waals surface area contributed by atoms with Crippen LogP contribution in [0.15, 0.2) is 0 Å². The molecule has 0 aromatic rings. The molecule has 0 radical (unpaired) electrons. The molecule has 4 atom stereocenters. The molecule has 3 fully saturated rings. The molecular weight excluding hydrogens is 258 g/mol. The van der Waals surface area contributed by atoms with Gasteiger partial charge in [-0.15, -0.1) is 0 Å². The fourth-order valence-electron chi connectivity index (χ4n) is 5.65. The molecule has 2 saturated carbocycles. The van der Waals surface area contributed by atoms with Crippen molar-refractivity contribution in [2.75, 3.05) is 6.61 Å². The maximum atomic E-state index is 6.15.